The van der Waals surface area contributed by atoms with Crippen LogP contribution in [-0.2, 0) is 4.74 Å². The molecule has 0 atom stereocenters. The number of hydrogen-bond acceptors (Lipinski definition) is 4. The van der Waals surface area contributed by atoms with Gasteiger partial charge in [-0.25, -0.2) is 14.6 Å². The molecule has 0 unspecified atom stereocenters. The topological polar surface area (TPSA) is 76.5 Å². The van der Waals surface area contributed by atoms with E-state index in [-0.39, 0.29) is 22.9 Å². The van der Waals surface area contributed by atoms with Crippen LogP contribution in [0.2, 0.25) is 5.02 Å². The van der Waals surface area contributed by atoms with Crippen molar-refractivity contribution in [3.63, 3.8) is 0 Å². The van der Waals surface area contributed by atoms with Crippen LogP contribution in [0.15, 0.2) is 12.3 Å². The van der Waals surface area contributed by atoms with E-state index < -0.39 is 11.9 Å². The highest BCUT2D eigenvalue weighted by molar-refractivity contribution is 6.33. The molecular weight excluding hydrogens is 222 g/mol. The van der Waals surface area contributed by atoms with E-state index in [0.29, 0.717) is 0 Å². The van der Waals surface area contributed by atoms with Gasteiger partial charge in [-0.2, -0.15) is 0 Å². The van der Waals surface area contributed by atoms with Crippen molar-refractivity contribution in [1.82, 2.24) is 4.98 Å². The molecule has 1 aromatic rings. The van der Waals surface area contributed by atoms with Gasteiger partial charge < -0.3 is 9.84 Å². The van der Waals surface area contributed by atoms with Gasteiger partial charge in [-0.3, -0.25) is 0 Å². The number of ether oxygens (including phenoxy) is 1. The Kier molecular flexibility index (Phi) is 3.62. The van der Waals surface area contributed by atoms with E-state index in [1.54, 1.807) is 6.92 Å². The summed E-state index contributed by atoms with van der Waals surface area (Å²) in [7, 11) is 0. The molecule has 0 aliphatic carbocycles. The van der Waals surface area contributed by atoms with Crippen molar-refractivity contribution >= 4 is 23.5 Å². The third kappa shape index (κ3) is 2.66. The molecule has 0 aliphatic heterocycles. The summed E-state index contributed by atoms with van der Waals surface area (Å²) in [6, 6.07) is 1.22. The van der Waals surface area contributed by atoms with E-state index in [4.69, 9.17) is 21.4 Å². The molecule has 1 heterocycles. The molecule has 80 valence electrons. The van der Waals surface area contributed by atoms with Crippen molar-refractivity contribution in [3.05, 3.63) is 28.5 Å². The maximum Gasteiger partial charge on any atom is 0.356 e. The second kappa shape index (κ2) is 4.75. The summed E-state index contributed by atoms with van der Waals surface area (Å²) in [6.07, 6.45) is 1.12. The van der Waals surface area contributed by atoms with Crippen LogP contribution in [0.5, 0.6) is 0 Å². The lowest BCUT2D eigenvalue weighted by Crippen LogP contribution is -2.08. The zero-order valence-corrected chi connectivity index (χ0v) is 8.61. The highest BCUT2D eigenvalue weighted by atomic mass is 35.5. The molecule has 1 rings (SSSR count). The normalized spacial score (nSPS) is 9.73. The molecule has 0 fully saturated rings. The van der Waals surface area contributed by atoms with Crippen molar-refractivity contribution in [1.29, 1.82) is 0 Å². The SMILES string of the molecule is CCOC(=O)c1cnc(C(=O)O)c(Cl)c1. The maximum absolute atomic E-state index is 11.2. The van der Waals surface area contributed by atoms with Crippen molar-refractivity contribution in [2.24, 2.45) is 0 Å². The smallest absolute Gasteiger partial charge is 0.356 e. The third-order valence-corrected chi connectivity index (χ3v) is 1.84. The first-order valence-electron chi connectivity index (χ1n) is 4.12. The molecule has 0 aromatic carbocycles. The molecule has 5 nitrogen and oxygen atoms in total. The quantitative estimate of drug-likeness (QED) is 0.797. The van der Waals surface area contributed by atoms with E-state index in [1.807, 2.05) is 0 Å². The molecule has 0 radical (unpaired) electrons. The summed E-state index contributed by atoms with van der Waals surface area (Å²) in [5, 5.41) is 8.55. The Morgan fingerprint density at radius 3 is 2.73 bits per heavy atom. The van der Waals surface area contributed by atoms with E-state index in [0.717, 1.165) is 6.20 Å². The standard InChI is InChI=1S/C9H8ClNO4/c1-2-15-9(14)5-3-6(10)7(8(12)13)11-4-5/h3-4H,2H2,1H3,(H,12,13). The summed E-state index contributed by atoms with van der Waals surface area (Å²) in [4.78, 5) is 25.3. The van der Waals surface area contributed by atoms with Gasteiger partial charge in [-0.15, -0.1) is 0 Å². The van der Waals surface area contributed by atoms with Crippen LogP contribution in [0, 0.1) is 0 Å². The fraction of sp³-hybridized carbons (Fsp3) is 0.222. The monoisotopic (exact) mass is 229 g/mol. The number of hydrogen-bond donors (Lipinski definition) is 1. The highest BCUT2D eigenvalue weighted by Gasteiger charge is 2.14. The van der Waals surface area contributed by atoms with Gasteiger partial charge in [0.25, 0.3) is 0 Å². The summed E-state index contributed by atoms with van der Waals surface area (Å²) in [6.45, 7) is 1.90. The van der Waals surface area contributed by atoms with Crippen molar-refractivity contribution in [2.45, 2.75) is 6.92 Å². The minimum atomic E-state index is -1.24. The first kappa shape index (κ1) is 11.5. The number of aromatic nitrogens is 1. The Balaban J connectivity index is 3.01. The first-order valence-corrected chi connectivity index (χ1v) is 4.50. The largest absolute Gasteiger partial charge is 0.476 e. The molecule has 0 saturated carbocycles. The second-order valence-electron chi connectivity index (χ2n) is 2.58. The summed E-state index contributed by atoms with van der Waals surface area (Å²) < 4.78 is 4.70. The first-order chi connectivity index (χ1) is 7.06. The highest BCUT2D eigenvalue weighted by Crippen LogP contribution is 2.15. The lowest BCUT2D eigenvalue weighted by Gasteiger charge is -2.02. The number of carboxylic acid groups (broad SMARTS) is 1. The van der Waals surface area contributed by atoms with Gasteiger partial charge in [0.2, 0.25) is 0 Å². The zero-order valence-electron chi connectivity index (χ0n) is 7.86. The van der Waals surface area contributed by atoms with E-state index in [1.165, 1.54) is 6.07 Å². The van der Waals surface area contributed by atoms with Gasteiger partial charge >= 0.3 is 11.9 Å². The van der Waals surface area contributed by atoms with Crippen LogP contribution in [-0.4, -0.2) is 28.6 Å². The lowest BCUT2D eigenvalue weighted by atomic mass is 10.2. The Morgan fingerprint density at radius 2 is 2.27 bits per heavy atom. The fourth-order valence-electron chi connectivity index (χ4n) is 0.921. The average molecular weight is 230 g/mol. The van der Waals surface area contributed by atoms with Crippen LogP contribution >= 0.6 is 11.6 Å². The predicted molar refractivity (Wildman–Crippen MR) is 52.2 cm³/mol. The lowest BCUT2D eigenvalue weighted by molar-refractivity contribution is 0.0524. The molecule has 0 amide bonds. The number of nitrogens with zero attached hydrogens (tertiary/aromatic N) is 1. The van der Waals surface area contributed by atoms with E-state index >= 15 is 0 Å². The number of halogens is 1. The Bertz CT molecular complexity index is 405. The van der Waals surface area contributed by atoms with Gasteiger partial charge in [0.05, 0.1) is 17.2 Å². The van der Waals surface area contributed by atoms with Crippen LogP contribution in [0.4, 0.5) is 0 Å². The van der Waals surface area contributed by atoms with Gasteiger partial charge in [-0.05, 0) is 13.0 Å². The Morgan fingerprint density at radius 1 is 1.60 bits per heavy atom. The van der Waals surface area contributed by atoms with Gasteiger partial charge in [-0.1, -0.05) is 11.6 Å². The molecule has 0 aliphatic rings. The van der Waals surface area contributed by atoms with Gasteiger partial charge in [0, 0.05) is 6.20 Å². The number of carbonyl (C=O) groups excluding carboxylic acids is 1. The summed E-state index contributed by atoms with van der Waals surface area (Å²) in [5.41, 5.74) is -0.156. The average Bonchev–Trinajstić information content (AvgIpc) is 2.17. The van der Waals surface area contributed by atoms with Crippen LogP contribution in [0.1, 0.15) is 27.8 Å². The number of esters is 1. The molecule has 15 heavy (non-hydrogen) atoms. The molecule has 0 spiro atoms. The molecule has 6 heteroatoms. The third-order valence-electron chi connectivity index (χ3n) is 1.55. The van der Waals surface area contributed by atoms with Crippen LogP contribution in [0.3, 0.4) is 0 Å². The van der Waals surface area contributed by atoms with Crippen LogP contribution < -0.4 is 0 Å². The maximum atomic E-state index is 11.2. The van der Waals surface area contributed by atoms with Crippen LogP contribution in [0.25, 0.3) is 0 Å². The Labute approximate surface area is 90.6 Å². The Hall–Kier alpha value is -1.62. The minimum Gasteiger partial charge on any atom is -0.476 e. The van der Waals surface area contributed by atoms with Gasteiger partial charge in [0.1, 0.15) is 0 Å². The molecule has 1 N–H and O–H groups in total. The minimum absolute atomic E-state index is 0.0898. The number of rotatable bonds is 3. The molecule has 0 saturated heterocycles. The van der Waals surface area contributed by atoms with Crippen molar-refractivity contribution in [2.75, 3.05) is 6.61 Å². The molecule has 1 aromatic heterocycles. The van der Waals surface area contributed by atoms with Crippen molar-refractivity contribution < 1.29 is 19.4 Å². The number of aromatic carboxylic acids is 1. The molecule has 0 bridgehead atoms. The van der Waals surface area contributed by atoms with E-state index in [9.17, 15) is 9.59 Å². The molecular formula is C9H8ClNO4. The number of carbonyl (C=O) groups is 2. The second-order valence-corrected chi connectivity index (χ2v) is 2.99. The number of carboxylic acids is 1. The van der Waals surface area contributed by atoms with Crippen molar-refractivity contribution in [3.8, 4) is 0 Å². The summed E-state index contributed by atoms with van der Waals surface area (Å²) >= 11 is 5.62. The van der Waals surface area contributed by atoms with E-state index in [2.05, 4.69) is 4.98 Å². The van der Waals surface area contributed by atoms with Gasteiger partial charge in [0.15, 0.2) is 5.69 Å². The fourth-order valence-corrected chi connectivity index (χ4v) is 1.17. The predicted octanol–water partition coefficient (Wildman–Crippen LogP) is 1.61. The zero-order chi connectivity index (χ0) is 11.4. The summed E-state index contributed by atoms with van der Waals surface area (Å²) in [5.74, 6) is -1.82. The number of pyridine rings is 1.